The number of fused-ring (bicyclic) bond motifs is 1. The van der Waals surface area contributed by atoms with E-state index in [0.717, 1.165) is 18.9 Å². The molecule has 1 heterocycles. The molecule has 0 saturated carbocycles. The van der Waals surface area contributed by atoms with Crippen molar-refractivity contribution in [2.24, 2.45) is 5.10 Å². The van der Waals surface area contributed by atoms with Gasteiger partial charge in [-0.1, -0.05) is 5.16 Å². The van der Waals surface area contributed by atoms with E-state index in [9.17, 15) is 20.2 Å². The molecule has 1 aliphatic rings. The Morgan fingerprint density at radius 1 is 1.17 bits per heavy atom. The van der Waals surface area contributed by atoms with E-state index in [0.29, 0.717) is 23.5 Å². The summed E-state index contributed by atoms with van der Waals surface area (Å²) in [4.78, 5) is 20.4. The molecule has 1 aromatic heterocycles. The highest BCUT2D eigenvalue weighted by molar-refractivity contribution is 6.00. The summed E-state index contributed by atoms with van der Waals surface area (Å²) in [6.45, 7) is 0. The fourth-order valence-electron chi connectivity index (χ4n) is 2.25. The first-order valence-electron chi connectivity index (χ1n) is 6.63. The van der Waals surface area contributed by atoms with Gasteiger partial charge in [0.2, 0.25) is 0 Å². The molecule has 1 aromatic carbocycles. The monoisotopic (exact) mass is 318 g/mol. The first-order valence-corrected chi connectivity index (χ1v) is 6.63. The Labute approximate surface area is 128 Å². The summed E-state index contributed by atoms with van der Waals surface area (Å²) >= 11 is 0. The predicted molar refractivity (Wildman–Crippen MR) is 77.1 cm³/mol. The molecule has 0 bridgehead atoms. The highest BCUT2D eigenvalue weighted by atomic mass is 16.6. The number of nitrogens with one attached hydrogen (secondary N) is 1. The van der Waals surface area contributed by atoms with Gasteiger partial charge in [0.05, 0.1) is 21.6 Å². The van der Waals surface area contributed by atoms with Crippen LogP contribution in [0.2, 0.25) is 0 Å². The van der Waals surface area contributed by atoms with Crippen LogP contribution in [0.5, 0.6) is 0 Å². The predicted octanol–water partition coefficient (Wildman–Crippen LogP) is 2.04. The zero-order chi connectivity index (χ0) is 16.4. The summed E-state index contributed by atoms with van der Waals surface area (Å²) < 4.78 is 4.66. The number of hydrogen-bond acceptors (Lipinski definition) is 9. The van der Waals surface area contributed by atoms with Gasteiger partial charge in [-0.2, -0.15) is 5.10 Å². The third-order valence-electron chi connectivity index (χ3n) is 3.36. The van der Waals surface area contributed by atoms with Crippen molar-refractivity contribution >= 4 is 22.8 Å². The Morgan fingerprint density at radius 3 is 2.74 bits per heavy atom. The molecule has 2 aromatic rings. The topological polar surface area (TPSA) is 150 Å². The summed E-state index contributed by atoms with van der Waals surface area (Å²) in [5, 5.41) is 33.4. The first kappa shape index (κ1) is 14.6. The Kier molecular flexibility index (Phi) is 3.66. The molecule has 0 fully saturated rings. The highest BCUT2D eigenvalue weighted by Gasteiger charge is 2.23. The summed E-state index contributed by atoms with van der Waals surface area (Å²) in [5.74, 6) is 0. The Balaban J connectivity index is 1.91. The van der Waals surface area contributed by atoms with Gasteiger partial charge in [-0.25, -0.2) is 4.63 Å². The molecule has 11 nitrogen and oxygen atoms in total. The van der Waals surface area contributed by atoms with Gasteiger partial charge in [-0.3, -0.25) is 25.7 Å². The lowest BCUT2D eigenvalue weighted by Crippen LogP contribution is -2.13. The normalized spacial score (nSPS) is 15.2. The average Bonchev–Trinajstić information content (AvgIpc) is 3.01. The van der Waals surface area contributed by atoms with Crippen molar-refractivity contribution in [3.05, 3.63) is 49.8 Å². The molecular weight excluding hydrogens is 308 g/mol. The minimum Gasteiger partial charge on any atom is -0.271 e. The van der Waals surface area contributed by atoms with Crippen LogP contribution in [0, 0.1) is 20.2 Å². The lowest BCUT2D eigenvalue weighted by atomic mass is 9.99. The molecule has 0 atom stereocenters. The smallest absolute Gasteiger partial charge is 0.271 e. The Hall–Kier alpha value is -3.37. The third kappa shape index (κ3) is 2.84. The highest BCUT2D eigenvalue weighted by Crippen LogP contribution is 2.29. The van der Waals surface area contributed by atoms with Gasteiger partial charge in [0, 0.05) is 6.07 Å². The molecule has 3 rings (SSSR count). The maximum Gasteiger partial charge on any atom is 0.301 e. The number of nitro groups is 2. The number of non-ortho nitro benzene ring substituents is 1. The van der Waals surface area contributed by atoms with E-state index in [1.165, 1.54) is 12.1 Å². The summed E-state index contributed by atoms with van der Waals surface area (Å²) in [6, 6.07) is 3.29. The number of rotatable bonds is 4. The molecule has 11 heteroatoms. The summed E-state index contributed by atoms with van der Waals surface area (Å²) in [7, 11) is 0. The third-order valence-corrected chi connectivity index (χ3v) is 3.36. The van der Waals surface area contributed by atoms with Crippen LogP contribution in [-0.2, 0) is 6.42 Å². The number of hydrogen-bond donors (Lipinski definition) is 1. The van der Waals surface area contributed by atoms with E-state index < -0.39 is 15.5 Å². The second kappa shape index (κ2) is 5.79. The van der Waals surface area contributed by atoms with Crippen LogP contribution in [0.3, 0.4) is 0 Å². The number of hydrazone groups is 1. The van der Waals surface area contributed by atoms with Crippen LogP contribution >= 0.6 is 0 Å². The van der Waals surface area contributed by atoms with Crippen molar-refractivity contribution in [1.82, 2.24) is 10.3 Å². The van der Waals surface area contributed by atoms with Gasteiger partial charge in [0.15, 0.2) is 5.69 Å². The molecular formula is C12H10N6O5. The molecule has 23 heavy (non-hydrogen) atoms. The van der Waals surface area contributed by atoms with Gasteiger partial charge in [-0.15, -0.1) is 0 Å². The number of aromatic nitrogens is 2. The molecule has 0 radical (unpaired) electrons. The van der Waals surface area contributed by atoms with Crippen molar-refractivity contribution in [2.75, 3.05) is 5.43 Å². The van der Waals surface area contributed by atoms with Crippen LogP contribution in [-0.4, -0.2) is 25.9 Å². The maximum atomic E-state index is 11.1. The van der Waals surface area contributed by atoms with Crippen molar-refractivity contribution in [3.8, 4) is 0 Å². The second-order valence-electron chi connectivity index (χ2n) is 4.80. The molecule has 1 aliphatic carbocycles. The van der Waals surface area contributed by atoms with Crippen molar-refractivity contribution in [2.45, 2.75) is 19.3 Å². The fourth-order valence-corrected chi connectivity index (χ4v) is 2.25. The molecule has 1 N–H and O–H groups in total. The molecule has 0 saturated heterocycles. The zero-order valence-corrected chi connectivity index (χ0v) is 11.6. The minimum absolute atomic E-state index is 0.0525. The van der Waals surface area contributed by atoms with Crippen LogP contribution in [0.15, 0.2) is 27.9 Å². The van der Waals surface area contributed by atoms with Gasteiger partial charge in [0.1, 0.15) is 11.4 Å². The Morgan fingerprint density at radius 2 is 2.00 bits per heavy atom. The second-order valence-corrected chi connectivity index (χ2v) is 4.80. The van der Waals surface area contributed by atoms with Crippen molar-refractivity contribution in [3.63, 3.8) is 0 Å². The molecule has 0 amide bonds. The van der Waals surface area contributed by atoms with Crippen LogP contribution in [0.25, 0.3) is 0 Å². The number of anilines is 1. The average molecular weight is 318 g/mol. The molecule has 0 unspecified atom stereocenters. The van der Waals surface area contributed by atoms with Gasteiger partial charge in [0.25, 0.3) is 5.69 Å². The first-order chi connectivity index (χ1) is 11.1. The van der Waals surface area contributed by atoms with Gasteiger partial charge >= 0.3 is 5.69 Å². The zero-order valence-electron chi connectivity index (χ0n) is 11.6. The number of nitro benzene ring substituents is 2. The quantitative estimate of drug-likeness (QED) is 0.664. The number of aryl methyl sites for hydroxylation is 1. The number of benzene rings is 1. The largest absolute Gasteiger partial charge is 0.301 e. The van der Waals surface area contributed by atoms with Crippen LogP contribution < -0.4 is 5.43 Å². The molecule has 0 spiro atoms. The minimum atomic E-state index is -0.709. The lowest BCUT2D eigenvalue weighted by Gasteiger charge is -2.10. The van der Waals surface area contributed by atoms with Gasteiger partial charge < -0.3 is 0 Å². The maximum absolute atomic E-state index is 11.1. The molecule has 118 valence electrons. The summed E-state index contributed by atoms with van der Waals surface area (Å²) in [6.07, 6.45) is 2.16. The van der Waals surface area contributed by atoms with Crippen molar-refractivity contribution < 1.29 is 14.5 Å². The summed E-state index contributed by atoms with van der Waals surface area (Å²) in [5.41, 5.74) is 3.61. The van der Waals surface area contributed by atoms with E-state index in [1.807, 2.05) is 0 Å². The van der Waals surface area contributed by atoms with Crippen LogP contribution in [0.4, 0.5) is 17.1 Å². The van der Waals surface area contributed by atoms with E-state index in [1.54, 1.807) is 0 Å². The lowest BCUT2D eigenvalue weighted by molar-refractivity contribution is -0.393. The fraction of sp³-hybridized carbons (Fsp3) is 0.250. The van der Waals surface area contributed by atoms with Crippen molar-refractivity contribution in [1.29, 1.82) is 0 Å². The van der Waals surface area contributed by atoms with Crippen LogP contribution in [0.1, 0.15) is 24.2 Å². The van der Waals surface area contributed by atoms with E-state index >= 15 is 0 Å². The molecule has 0 aliphatic heterocycles. The van der Waals surface area contributed by atoms with E-state index in [2.05, 4.69) is 25.5 Å². The number of nitrogens with zero attached hydrogens (tertiary/aromatic N) is 5. The van der Waals surface area contributed by atoms with Gasteiger partial charge in [-0.05, 0) is 30.5 Å². The van der Waals surface area contributed by atoms with E-state index in [4.69, 9.17) is 0 Å². The standard InChI is InChI=1S/C12H10N6O5/c19-17(20)7-4-5-8(11(6-7)18(21)22)13-14-9-2-1-3-10-12(9)16-23-15-10/h4-6,13H,1-3H2. The SMILES string of the molecule is O=[N+]([O-])c1ccc(NN=C2CCCc3nonc32)c([N+](=O)[O-])c1. The Bertz CT molecular complexity index is 814. The van der Waals surface area contributed by atoms with E-state index in [-0.39, 0.29) is 11.4 Å².